The monoisotopic (exact) mass is 262 g/mol. The molecule has 1 saturated heterocycles. The van der Waals surface area contributed by atoms with Crippen molar-refractivity contribution in [1.82, 2.24) is 10.6 Å². The van der Waals surface area contributed by atoms with Gasteiger partial charge in [-0.1, -0.05) is 12.1 Å². The summed E-state index contributed by atoms with van der Waals surface area (Å²) in [5.74, 6) is 1.14. The van der Waals surface area contributed by atoms with E-state index in [2.05, 4.69) is 23.6 Å². The van der Waals surface area contributed by atoms with Crippen LogP contribution in [-0.2, 0) is 11.2 Å². The first kappa shape index (κ1) is 13.9. The number of carbonyl (C=O) groups excluding carboxylic acids is 1. The molecule has 1 aliphatic heterocycles. The predicted octanol–water partition coefficient (Wildman–Crippen LogP) is 1.35. The summed E-state index contributed by atoms with van der Waals surface area (Å²) in [5.41, 5.74) is 1.18. The first-order chi connectivity index (χ1) is 9.20. The summed E-state index contributed by atoms with van der Waals surface area (Å²) in [6.07, 6.45) is 1.77. The molecule has 0 radical (unpaired) electrons. The van der Waals surface area contributed by atoms with Crippen LogP contribution in [-0.4, -0.2) is 32.1 Å². The molecule has 1 aromatic carbocycles. The Morgan fingerprint density at radius 1 is 1.53 bits per heavy atom. The molecule has 0 spiro atoms. The van der Waals surface area contributed by atoms with Gasteiger partial charge in [0.25, 0.3) is 0 Å². The molecular weight excluding hydrogens is 240 g/mol. The molecule has 1 aliphatic rings. The van der Waals surface area contributed by atoms with Crippen LogP contribution in [0, 0.1) is 5.92 Å². The average molecular weight is 262 g/mol. The normalized spacial score (nSPS) is 22.2. The minimum Gasteiger partial charge on any atom is -0.497 e. The fourth-order valence-corrected chi connectivity index (χ4v) is 2.51. The van der Waals surface area contributed by atoms with Gasteiger partial charge >= 0.3 is 0 Å². The van der Waals surface area contributed by atoms with Crippen LogP contribution in [0.2, 0.25) is 0 Å². The maximum absolute atomic E-state index is 12.0. The van der Waals surface area contributed by atoms with Gasteiger partial charge in [0.2, 0.25) is 5.91 Å². The molecule has 4 nitrogen and oxygen atoms in total. The largest absolute Gasteiger partial charge is 0.497 e. The molecule has 1 heterocycles. The van der Waals surface area contributed by atoms with E-state index in [4.69, 9.17) is 4.74 Å². The SMILES string of the molecule is COc1cccc(CCNC(=O)C2CCNC2C)c1. The predicted molar refractivity (Wildman–Crippen MR) is 75.3 cm³/mol. The molecule has 19 heavy (non-hydrogen) atoms. The highest BCUT2D eigenvalue weighted by molar-refractivity contribution is 5.79. The van der Waals surface area contributed by atoms with E-state index in [1.54, 1.807) is 7.11 Å². The minimum absolute atomic E-state index is 0.116. The van der Waals surface area contributed by atoms with Crippen LogP contribution in [0.4, 0.5) is 0 Å². The zero-order valence-electron chi connectivity index (χ0n) is 11.6. The fourth-order valence-electron chi connectivity index (χ4n) is 2.51. The van der Waals surface area contributed by atoms with Crippen molar-refractivity contribution >= 4 is 5.91 Å². The first-order valence-electron chi connectivity index (χ1n) is 6.84. The smallest absolute Gasteiger partial charge is 0.224 e. The van der Waals surface area contributed by atoms with E-state index >= 15 is 0 Å². The molecule has 1 fully saturated rings. The van der Waals surface area contributed by atoms with E-state index in [-0.39, 0.29) is 17.9 Å². The second-order valence-electron chi connectivity index (χ2n) is 5.03. The van der Waals surface area contributed by atoms with Gasteiger partial charge in [-0.3, -0.25) is 4.79 Å². The third kappa shape index (κ3) is 3.70. The Bertz CT molecular complexity index is 434. The Hall–Kier alpha value is -1.55. The lowest BCUT2D eigenvalue weighted by atomic mass is 10.0. The lowest BCUT2D eigenvalue weighted by molar-refractivity contribution is -0.125. The zero-order valence-corrected chi connectivity index (χ0v) is 11.6. The summed E-state index contributed by atoms with van der Waals surface area (Å²) in [7, 11) is 1.66. The molecule has 2 unspecified atom stereocenters. The van der Waals surface area contributed by atoms with Crippen LogP contribution in [0.3, 0.4) is 0 Å². The van der Waals surface area contributed by atoms with Crippen molar-refractivity contribution < 1.29 is 9.53 Å². The van der Waals surface area contributed by atoms with Gasteiger partial charge in [-0.25, -0.2) is 0 Å². The fraction of sp³-hybridized carbons (Fsp3) is 0.533. The third-order valence-electron chi connectivity index (χ3n) is 3.71. The molecule has 4 heteroatoms. The number of hydrogen-bond acceptors (Lipinski definition) is 3. The van der Waals surface area contributed by atoms with Crippen LogP contribution >= 0.6 is 0 Å². The standard InChI is InChI=1S/C15H22N2O2/c1-11-14(7-9-16-11)15(18)17-8-6-12-4-3-5-13(10-12)19-2/h3-5,10-11,14,16H,6-9H2,1-2H3,(H,17,18). The van der Waals surface area contributed by atoms with Crippen molar-refractivity contribution in [3.05, 3.63) is 29.8 Å². The summed E-state index contributed by atoms with van der Waals surface area (Å²) >= 11 is 0. The van der Waals surface area contributed by atoms with Crippen LogP contribution in [0.1, 0.15) is 18.9 Å². The van der Waals surface area contributed by atoms with Gasteiger partial charge in [0.1, 0.15) is 5.75 Å². The Morgan fingerprint density at radius 3 is 3.05 bits per heavy atom. The molecule has 2 rings (SSSR count). The van der Waals surface area contributed by atoms with Crippen molar-refractivity contribution in [2.24, 2.45) is 5.92 Å². The lowest BCUT2D eigenvalue weighted by Crippen LogP contribution is -2.37. The summed E-state index contributed by atoms with van der Waals surface area (Å²) in [6.45, 7) is 3.68. The number of hydrogen-bond donors (Lipinski definition) is 2. The van der Waals surface area contributed by atoms with Gasteiger partial charge < -0.3 is 15.4 Å². The molecule has 2 N–H and O–H groups in total. The zero-order chi connectivity index (χ0) is 13.7. The Kier molecular flexibility index (Phi) is 4.80. The summed E-state index contributed by atoms with van der Waals surface area (Å²) in [4.78, 5) is 12.0. The van der Waals surface area contributed by atoms with E-state index in [0.717, 1.165) is 25.1 Å². The molecular formula is C15H22N2O2. The molecule has 1 amide bonds. The van der Waals surface area contributed by atoms with Gasteiger partial charge in [0.15, 0.2) is 0 Å². The van der Waals surface area contributed by atoms with Crippen molar-refractivity contribution in [2.45, 2.75) is 25.8 Å². The lowest BCUT2D eigenvalue weighted by Gasteiger charge is -2.15. The second-order valence-corrected chi connectivity index (χ2v) is 5.03. The molecule has 2 atom stereocenters. The van der Waals surface area contributed by atoms with Crippen LogP contribution < -0.4 is 15.4 Å². The van der Waals surface area contributed by atoms with Crippen molar-refractivity contribution in [2.75, 3.05) is 20.2 Å². The summed E-state index contributed by atoms with van der Waals surface area (Å²) in [6, 6.07) is 8.24. The number of methoxy groups -OCH3 is 1. The van der Waals surface area contributed by atoms with E-state index < -0.39 is 0 Å². The van der Waals surface area contributed by atoms with Gasteiger partial charge in [-0.2, -0.15) is 0 Å². The summed E-state index contributed by atoms with van der Waals surface area (Å²) in [5, 5.41) is 6.32. The molecule has 0 aromatic heterocycles. The molecule has 1 aromatic rings. The van der Waals surface area contributed by atoms with E-state index in [1.165, 1.54) is 5.56 Å². The Labute approximate surface area is 114 Å². The third-order valence-corrected chi connectivity index (χ3v) is 3.71. The van der Waals surface area contributed by atoms with Gasteiger partial charge in [0.05, 0.1) is 13.0 Å². The average Bonchev–Trinajstić information content (AvgIpc) is 2.85. The topological polar surface area (TPSA) is 50.4 Å². The highest BCUT2D eigenvalue weighted by atomic mass is 16.5. The van der Waals surface area contributed by atoms with E-state index in [1.807, 2.05) is 18.2 Å². The highest BCUT2D eigenvalue weighted by Crippen LogP contribution is 2.15. The number of benzene rings is 1. The maximum Gasteiger partial charge on any atom is 0.224 e. The van der Waals surface area contributed by atoms with E-state index in [0.29, 0.717) is 6.54 Å². The van der Waals surface area contributed by atoms with E-state index in [9.17, 15) is 4.79 Å². The van der Waals surface area contributed by atoms with Crippen LogP contribution in [0.5, 0.6) is 5.75 Å². The number of ether oxygens (including phenoxy) is 1. The van der Waals surface area contributed by atoms with Crippen LogP contribution in [0.25, 0.3) is 0 Å². The molecule has 0 bridgehead atoms. The molecule has 0 saturated carbocycles. The quantitative estimate of drug-likeness (QED) is 0.842. The number of nitrogens with one attached hydrogen (secondary N) is 2. The van der Waals surface area contributed by atoms with Crippen molar-refractivity contribution in [3.8, 4) is 5.75 Å². The summed E-state index contributed by atoms with van der Waals surface area (Å²) < 4.78 is 5.18. The van der Waals surface area contributed by atoms with Crippen molar-refractivity contribution in [3.63, 3.8) is 0 Å². The number of amides is 1. The minimum atomic E-state index is 0.116. The first-order valence-corrected chi connectivity index (χ1v) is 6.84. The second kappa shape index (κ2) is 6.57. The van der Waals surface area contributed by atoms with Crippen LogP contribution in [0.15, 0.2) is 24.3 Å². The Morgan fingerprint density at radius 2 is 2.37 bits per heavy atom. The van der Waals surface area contributed by atoms with Gasteiger partial charge in [-0.05, 0) is 44.0 Å². The highest BCUT2D eigenvalue weighted by Gasteiger charge is 2.28. The number of carbonyl (C=O) groups is 1. The number of rotatable bonds is 5. The molecule has 104 valence electrons. The molecule has 0 aliphatic carbocycles. The van der Waals surface area contributed by atoms with Crippen molar-refractivity contribution in [1.29, 1.82) is 0 Å². The maximum atomic E-state index is 12.0. The Balaban J connectivity index is 1.78. The van der Waals surface area contributed by atoms with Gasteiger partial charge in [0, 0.05) is 12.6 Å². The van der Waals surface area contributed by atoms with Gasteiger partial charge in [-0.15, -0.1) is 0 Å².